The van der Waals surface area contributed by atoms with E-state index in [2.05, 4.69) is 15.9 Å². The van der Waals surface area contributed by atoms with E-state index in [9.17, 15) is 9.59 Å². The molecule has 0 saturated carbocycles. The largest absolute Gasteiger partial charge is 0.496 e. The van der Waals surface area contributed by atoms with E-state index in [4.69, 9.17) is 4.74 Å². The molecule has 1 aliphatic rings. The highest BCUT2D eigenvalue weighted by Gasteiger charge is 2.35. The fourth-order valence-corrected chi connectivity index (χ4v) is 4.23. The van der Waals surface area contributed by atoms with Crippen LogP contribution in [0.2, 0.25) is 0 Å². The lowest BCUT2D eigenvalue weighted by Crippen LogP contribution is -2.27. The molecule has 1 saturated heterocycles. The number of hydrogen-bond acceptors (Lipinski definition) is 4. The highest BCUT2D eigenvalue weighted by Crippen LogP contribution is 2.37. The van der Waals surface area contributed by atoms with Gasteiger partial charge >= 0.3 is 0 Å². The molecule has 1 aliphatic heterocycles. The maximum atomic E-state index is 12.9. The van der Waals surface area contributed by atoms with Gasteiger partial charge in [-0.3, -0.25) is 14.5 Å². The highest BCUT2D eigenvalue weighted by atomic mass is 79.9. The van der Waals surface area contributed by atoms with Crippen LogP contribution in [0.1, 0.15) is 11.1 Å². The van der Waals surface area contributed by atoms with Crippen molar-refractivity contribution in [2.75, 3.05) is 7.11 Å². The Kier molecular flexibility index (Phi) is 5.24. The molecule has 3 aromatic carbocycles. The summed E-state index contributed by atoms with van der Waals surface area (Å²) in [5.41, 5.74) is 1.70. The van der Waals surface area contributed by atoms with Gasteiger partial charge in [-0.15, -0.1) is 0 Å². The van der Waals surface area contributed by atoms with E-state index in [0.29, 0.717) is 10.7 Å². The first-order valence-corrected chi connectivity index (χ1v) is 10.2. The number of imide groups is 1. The molecular formula is C22H16BrNO3S. The predicted molar refractivity (Wildman–Crippen MR) is 116 cm³/mol. The number of hydrogen-bond donors (Lipinski definition) is 0. The molecule has 0 aliphatic carbocycles. The van der Waals surface area contributed by atoms with Crippen molar-refractivity contribution in [3.05, 3.63) is 81.2 Å². The number of nitrogens with zero attached hydrogens (tertiary/aromatic N) is 1. The van der Waals surface area contributed by atoms with Gasteiger partial charge in [0.05, 0.1) is 18.6 Å². The van der Waals surface area contributed by atoms with Crippen LogP contribution in [0, 0.1) is 0 Å². The Bertz CT molecular complexity index is 1110. The second kappa shape index (κ2) is 7.81. The van der Waals surface area contributed by atoms with E-state index >= 15 is 0 Å². The van der Waals surface area contributed by atoms with Crippen LogP contribution >= 0.6 is 27.7 Å². The van der Waals surface area contributed by atoms with Crippen molar-refractivity contribution < 1.29 is 14.3 Å². The molecule has 0 atom stereocenters. The van der Waals surface area contributed by atoms with Crippen molar-refractivity contribution >= 4 is 55.7 Å². The summed E-state index contributed by atoms with van der Waals surface area (Å²) >= 11 is 4.35. The van der Waals surface area contributed by atoms with Crippen LogP contribution in [-0.2, 0) is 11.3 Å². The molecule has 0 bridgehead atoms. The van der Waals surface area contributed by atoms with Crippen LogP contribution in [0.25, 0.3) is 16.8 Å². The molecule has 4 rings (SSSR count). The summed E-state index contributed by atoms with van der Waals surface area (Å²) in [5, 5.41) is 1.75. The fraction of sp³-hybridized carbons (Fsp3) is 0.0909. The molecule has 4 nitrogen and oxygen atoms in total. The molecule has 0 unspecified atom stereocenters. The van der Waals surface area contributed by atoms with Crippen molar-refractivity contribution in [3.8, 4) is 5.75 Å². The van der Waals surface area contributed by atoms with Crippen LogP contribution in [0.15, 0.2) is 70.0 Å². The molecule has 3 aromatic rings. The number of benzene rings is 3. The summed E-state index contributed by atoms with van der Waals surface area (Å²) in [5.74, 6) is 0.381. The minimum atomic E-state index is -0.284. The number of amides is 2. The average molecular weight is 454 g/mol. The van der Waals surface area contributed by atoms with Crippen LogP contribution in [0.5, 0.6) is 5.75 Å². The Hall–Kier alpha value is -2.57. The second-order valence-corrected chi connectivity index (χ2v) is 8.21. The number of rotatable bonds is 4. The molecule has 0 N–H and O–H groups in total. The molecule has 0 spiro atoms. The van der Waals surface area contributed by atoms with E-state index in [-0.39, 0.29) is 17.7 Å². The molecule has 1 heterocycles. The maximum absolute atomic E-state index is 12.9. The molecule has 140 valence electrons. The van der Waals surface area contributed by atoms with Crippen molar-refractivity contribution in [2.45, 2.75) is 6.54 Å². The molecule has 0 aromatic heterocycles. The van der Waals surface area contributed by atoms with Gasteiger partial charge in [-0.05, 0) is 52.4 Å². The van der Waals surface area contributed by atoms with Crippen LogP contribution in [0.3, 0.4) is 0 Å². The highest BCUT2D eigenvalue weighted by molar-refractivity contribution is 9.10. The predicted octanol–water partition coefficient (Wildman–Crippen LogP) is 5.85. The maximum Gasteiger partial charge on any atom is 0.293 e. The summed E-state index contributed by atoms with van der Waals surface area (Å²) in [6, 6.07) is 19.3. The minimum absolute atomic E-state index is 0.252. The number of halogens is 1. The van der Waals surface area contributed by atoms with Crippen LogP contribution in [0.4, 0.5) is 4.79 Å². The van der Waals surface area contributed by atoms with Crippen molar-refractivity contribution in [2.24, 2.45) is 0 Å². The summed E-state index contributed by atoms with van der Waals surface area (Å²) in [4.78, 5) is 27.0. The monoisotopic (exact) mass is 453 g/mol. The van der Waals surface area contributed by atoms with Crippen LogP contribution < -0.4 is 4.74 Å². The minimum Gasteiger partial charge on any atom is -0.496 e. The summed E-state index contributed by atoms with van der Waals surface area (Å²) in [7, 11) is 1.60. The third kappa shape index (κ3) is 3.57. The summed E-state index contributed by atoms with van der Waals surface area (Å²) in [6.07, 6.45) is 1.76. The number of carbonyl (C=O) groups is 2. The number of ether oxygens (including phenoxy) is 1. The van der Waals surface area contributed by atoms with Gasteiger partial charge in [0.1, 0.15) is 5.75 Å². The Morgan fingerprint density at radius 3 is 2.54 bits per heavy atom. The quantitative estimate of drug-likeness (QED) is 0.465. The normalized spacial score (nSPS) is 15.6. The van der Waals surface area contributed by atoms with Gasteiger partial charge in [0.2, 0.25) is 0 Å². The molecule has 6 heteroatoms. The lowest BCUT2D eigenvalue weighted by molar-refractivity contribution is -0.123. The lowest BCUT2D eigenvalue weighted by Gasteiger charge is -2.12. The van der Waals surface area contributed by atoms with Crippen LogP contribution in [-0.4, -0.2) is 23.2 Å². The zero-order chi connectivity index (χ0) is 19.7. The Morgan fingerprint density at radius 1 is 1.04 bits per heavy atom. The summed E-state index contributed by atoms with van der Waals surface area (Å²) < 4.78 is 6.44. The van der Waals surface area contributed by atoms with E-state index in [1.54, 1.807) is 13.2 Å². The molecule has 0 radical (unpaired) electrons. The number of methoxy groups -OCH3 is 1. The van der Waals surface area contributed by atoms with Crippen molar-refractivity contribution in [1.29, 1.82) is 0 Å². The summed E-state index contributed by atoms with van der Waals surface area (Å²) in [6.45, 7) is 0.252. The molecular weight excluding hydrogens is 438 g/mol. The van der Waals surface area contributed by atoms with Crippen molar-refractivity contribution in [3.63, 3.8) is 0 Å². The first-order chi connectivity index (χ1) is 13.6. The lowest BCUT2D eigenvalue weighted by atomic mass is 10.0. The first-order valence-electron chi connectivity index (χ1n) is 8.62. The molecule has 28 heavy (non-hydrogen) atoms. The topological polar surface area (TPSA) is 46.6 Å². The standard InChI is InChI=1S/C22H16BrNO3S/c1-27-19-11-8-15-4-2-3-5-17(15)18(19)12-20-21(25)24(22(26)28-20)13-14-6-9-16(23)10-7-14/h2-12H,13H2,1H3/b20-12-. The van der Waals surface area contributed by atoms with Gasteiger partial charge in [0, 0.05) is 10.0 Å². The smallest absolute Gasteiger partial charge is 0.293 e. The Balaban J connectivity index is 1.70. The van der Waals surface area contributed by atoms with Gasteiger partial charge in [0.15, 0.2) is 0 Å². The van der Waals surface area contributed by atoms with Gasteiger partial charge in [-0.2, -0.15) is 0 Å². The van der Waals surface area contributed by atoms with Gasteiger partial charge < -0.3 is 4.74 Å². The van der Waals surface area contributed by atoms with Crippen molar-refractivity contribution in [1.82, 2.24) is 4.90 Å². The third-order valence-corrected chi connectivity index (χ3v) is 5.99. The Labute approximate surface area is 175 Å². The SMILES string of the molecule is COc1ccc2ccccc2c1/C=C1\SC(=O)N(Cc2ccc(Br)cc2)C1=O. The second-order valence-electron chi connectivity index (χ2n) is 6.30. The number of thioether (sulfide) groups is 1. The van der Waals surface area contributed by atoms with E-state index in [0.717, 1.165) is 38.1 Å². The van der Waals surface area contributed by atoms with E-state index in [1.165, 1.54) is 4.90 Å². The van der Waals surface area contributed by atoms with Gasteiger partial charge in [-0.25, -0.2) is 0 Å². The number of carbonyl (C=O) groups excluding carboxylic acids is 2. The fourth-order valence-electron chi connectivity index (χ4n) is 3.14. The first kappa shape index (κ1) is 18.8. The number of fused-ring (bicyclic) bond motifs is 1. The zero-order valence-electron chi connectivity index (χ0n) is 15.0. The van der Waals surface area contributed by atoms with E-state index in [1.807, 2.05) is 60.7 Å². The van der Waals surface area contributed by atoms with Gasteiger partial charge in [0.25, 0.3) is 11.1 Å². The Morgan fingerprint density at radius 2 is 1.79 bits per heavy atom. The third-order valence-electron chi connectivity index (χ3n) is 4.55. The molecule has 2 amide bonds. The average Bonchev–Trinajstić information content (AvgIpc) is 2.97. The van der Waals surface area contributed by atoms with E-state index < -0.39 is 0 Å². The molecule has 1 fully saturated rings. The zero-order valence-corrected chi connectivity index (χ0v) is 17.4. The van der Waals surface area contributed by atoms with Gasteiger partial charge in [-0.1, -0.05) is 58.4 Å².